The quantitative estimate of drug-likeness (QED) is 0.865. The predicted octanol–water partition coefficient (Wildman–Crippen LogP) is 2.33. The maximum atomic E-state index is 4.47. The van der Waals surface area contributed by atoms with E-state index >= 15 is 0 Å². The Bertz CT molecular complexity index is 597. The Labute approximate surface area is 116 Å². The molecule has 0 aliphatic carbocycles. The van der Waals surface area contributed by atoms with E-state index in [2.05, 4.69) is 51.3 Å². The zero-order valence-electron chi connectivity index (χ0n) is 10.8. The van der Waals surface area contributed by atoms with Crippen molar-refractivity contribution in [1.29, 1.82) is 0 Å². The minimum absolute atomic E-state index is 0.309. The van der Waals surface area contributed by atoms with Gasteiger partial charge in [0.2, 0.25) is 0 Å². The van der Waals surface area contributed by atoms with Gasteiger partial charge < -0.3 is 9.88 Å². The Morgan fingerprint density at radius 3 is 3.00 bits per heavy atom. The molecule has 0 fully saturated rings. The summed E-state index contributed by atoms with van der Waals surface area (Å²) in [6.45, 7) is 4.14. The van der Waals surface area contributed by atoms with Crippen LogP contribution in [0.25, 0.3) is 0 Å². The molecule has 2 aliphatic heterocycles. The third kappa shape index (κ3) is 1.80. The minimum atomic E-state index is 0.309. The molecule has 5 heteroatoms. The molecule has 2 aliphatic rings. The van der Waals surface area contributed by atoms with Gasteiger partial charge in [-0.2, -0.15) is 0 Å². The first-order valence-electron chi connectivity index (χ1n) is 6.74. The third-order valence-electron chi connectivity index (χ3n) is 3.92. The van der Waals surface area contributed by atoms with E-state index in [1.807, 2.05) is 11.8 Å². The lowest BCUT2D eigenvalue weighted by Crippen LogP contribution is -2.32. The number of nitrogens with one attached hydrogen (secondary N) is 1. The zero-order valence-corrected chi connectivity index (χ0v) is 11.7. The summed E-state index contributed by atoms with van der Waals surface area (Å²) in [5, 5.41) is 12.7. The Hall–Kier alpha value is -1.33. The summed E-state index contributed by atoms with van der Waals surface area (Å²) in [5.41, 5.74) is 1.44. The molecule has 0 radical (unpaired) electrons. The third-order valence-corrected chi connectivity index (χ3v) is 5.23. The number of benzene rings is 1. The zero-order chi connectivity index (χ0) is 12.8. The van der Waals surface area contributed by atoms with Gasteiger partial charge in [-0.05, 0) is 25.0 Å². The van der Waals surface area contributed by atoms with Crippen molar-refractivity contribution in [3.63, 3.8) is 0 Å². The average Bonchev–Trinajstić information content (AvgIpc) is 3.02. The number of hydrogen-bond acceptors (Lipinski definition) is 4. The molecule has 4 nitrogen and oxygen atoms in total. The summed E-state index contributed by atoms with van der Waals surface area (Å²) < 4.78 is 2.31. The van der Waals surface area contributed by atoms with E-state index < -0.39 is 0 Å². The van der Waals surface area contributed by atoms with Crippen molar-refractivity contribution in [2.75, 3.05) is 6.54 Å². The van der Waals surface area contributed by atoms with Crippen LogP contribution in [0.5, 0.6) is 0 Å². The van der Waals surface area contributed by atoms with Crippen molar-refractivity contribution < 1.29 is 0 Å². The van der Waals surface area contributed by atoms with Crippen LogP contribution in [0.4, 0.5) is 0 Å². The monoisotopic (exact) mass is 272 g/mol. The fraction of sp³-hybridized carbons (Fsp3) is 0.429. The van der Waals surface area contributed by atoms with Crippen LogP contribution in [0.15, 0.2) is 29.2 Å². The van der Waals surface area contributed by atoms with E-state index in [0.29, 0.717) is 11.3 Å². The lowest BCUT2D eigenvalue weighted by atomic mass is 10.1. The molecule has 0 bridgehead atoms. The van der Waals surface area contributed by atoms with Gasteiger partial charge in [0.1, 0.15) is 11.6 Å². The van der Waals surface area contributed by atoms with Gasteiger partial charge in [-0.1, -0.05) is 18.2 Å². The fourth-order valence-electron chi connectivity index (χ4n) is 2.93. The van der Waals surface area contributed by atoms with Crippen LogP contribution >= 0.6 is 11.8 Å². The molecule has 19 heavy (non-hydrogen) atoms. The molecular weight excluding hydrogens is 256 g/mol. The van der Waals surface area contributed by atoms with E-state index in [1.54, 1.807) is 0 Å². The predicted molar refractivity (Wildman–Crippen MR) is 75.2 cm³/mol. The van der Waals surface area contributed by atoms with Crippen molar-refractivity contribution in [2.45, 2.75) is 36.1 Å². The Balaban J connectivity index is 1.69. The second-order valence-corrected chi connectivity index (χ2v) is 6.41. The van der Waals surface area contributed by atoms with Crippen LogP contribution in [0.1, 0.15) is 35.4 Å². The Kier molecular flexibility index (Phi) is 2.63. The van der Waals surface area contributed by atoms with Crippen LogP contribution in [-0.2, 0) is 13.0 Å². The summed E-state index contributed by atoms with van der Waals surface area (Å²) >= 11 is 1.92. The maximum absolute atomic E-state index is 4.47. The number of rotatable bonds is 1. The largest absolute Gasteiger partial charge is 0.311 e. The highest BCUT2D eigenvalue weighted by atomic mass is 32.2. The Morgan fingerprint density at radius 1 is 1.26 bits per heavy atom. The molecule has 3 heterocycles. The van der Waals surface area contributed by atoms with E-state index in [1.165, 1.54) is 10.5 Å². The lowest BCUT2D eigenvalue weighted by molar-refractivity contribution is 0.429. The molecule has 0 spiro atoms. The molecule has 1 N–H and O–H groups in total. The maximum Gasteiger partial charge on any atom is 0.149 e. The second kappa shape index (κ2) is 4.35. The lowest BCUT2D eigenvalue weighted by Gasteiger charge is -2.23. The number of thioether (sulfide) groups is 1. The van der Waals surface area contributed by atoms with E-state index in [0.717, 1.165) is 31.2 Å². The van der Waals surface area contributed by atoms with Crippen LogP contribution in [-0.4, -0.2) is 21.3 Å². The van der Waals surface area contributed by atoms with E-state index in [4.69, 9.17) is 0 Å². The van der Waals surface area contributed by atoms with Crippen LogP contribution in [0.2, 0.25) is 0 Å². The summed E-state index contributed by atoms with van der Waals surface area (Å²) in [6, 6.07) is 8.97. The fourth-order valence-corrected chi connectivity index (χ4v) is 4.23. The highest BCUT2D eigenvalue weighted by molar-refractivity contribution is 7.99. The normalized spacial score (nSPS) is 25.1. The number of nitrogens with zero attached hydrogens (tertiary/aromatic N) is 3. The van der Waals surface area contributed by atoms with Gasteiger partial charge in [0, 0.05) is 18.0 Å². The van der Waals surface area contributed by atoms with Crippen molar-refractivity contribution in [3.8, 4) is 0 Å². The second-order valence-electron chi connectivity index (χ2n) is 5.16. The first-order valence-corrected chi connectivity index (χ1v) is 7.62. The Morgan fingerprint density at radius 2 is 2.11 bits per heavy atom. The molecular formula is C14H16N4S. The molecule has 2 unspecified atom stereocenters. The van der Waals surface area contributed by atoms with Crippen LogP contribution in [0, 0.1) is 0 Å². The van der Waals surface area contributed by atoms with Gasteiger partial charge in [-0.3, -0.25) is 0 Å². The van der Waals surface area contributed by atoms with Crippen molar-refractivity contribution >= 4 is 11.8 Å². The van der Waals surface area contributed by atoms with Crippen molar-refractivity contribution in [1.82, 2.24) is 20.1 Å². The van der Waals surface area contributed by atoms with Crippen LogP contribution in [0.3, 0.4) is 0 Å². The van der Waals surface area contributed by atoms with Crippen molar-refractivity contribution in [2.24, 2.45) is 0 Å². The topological polar surface area (TPSA) is 42.7 Å². The number of aromatic nitrogens is 3. The first-order chi connectivity index (χ1) is 9.33. The molecule has 2 aromatic rings. The molecule has 0 saturated heterocycles. The highest BCUT2D eigenvalue weighted by Gasteiger charge is 2.30. The smallest absolute Gasteiger partial charge is 0.149 e. The molecule has 0 amide bonds. The average molecular weight is 272 g/mol. The van der Waals surface area contributed by atoms with Gasteiger partial charge >= 0.3 is 0 Å². The minimum Gasteiger partial charge on any atom is -0.311 e. The summed E-state index contributed by atoms with van der Waals surface area (Å²) in [7, 11) is 0. The summed E-state index contributed by atoms with van der Waals surface area (Å²) in [5.74, 6) is 2.22. The van der Waals surface area contributed by atoms with Gasteiger partial charge in [-0.25, -0.2) is 0 Å². The van der Waals surface area contributed by atoms with E-state index in [-0.39, 0.29) is 0 Å². The molecule has 2 atom stereocenters. The molecule has 4 rings (SSSR count). The van der Waals surface area contributed by atoms with Crippen molar-refractivity contribution in [3.05, 3.63) is 41.5 Å². The van der Waals surface area contributed by atoms with E-state index in [9.17, 15) is 0 Å². The molecule has 0 saturated carbocycles. The molecule has 1 aromatic carbocycles. The standard InChI is InChI=1S/C14H16N4S/c1-9-13-16-17-14(18(13)7-6-15-9)12-8-10-4-2-3-5-11(10)19-12/h2-5,9,12,15H,6-8H2,1H3. The highest BCUT2D eigenvalue weighted by Crippen LogP contribution is 2.45. The molecule has 1 aromatic heterocycles. The number of hydrogen-bond donors (Lipinski definition) is 1. The van der Waals surface area contributed by atoms with Crippen LogP contribution < -0.4 is 5.32 Å². The SMILES string of the molecule is CC1NCCn2c1nnc2C1Cc2ccccc2S1. The van der Waals surface area contributed by atoms with Gasteiger partial charge in [0.25, 0.3) is 0 Å². The first kappa shape index (κ1) is 11.5. The summed E-state index contributed by atoms with van der Waals surface area (Å²) in [4.78, 5) is 1.40. The number of fused-ring (bicyclic) bond motifs is 2. The summed E-state index contributed by atoms with van der Waals surface area (Å²) in [6.07, 6.45) is 1.07. The molecule has 98 valence electrons. The van der Waals surface area contributed by atoms with Gasteiger partial charge in [0.05, 0.1) is 11.3 Å². The van der Waals surface area contributed by atoms with Gasteiger partial charge in [-0.15, -0.1) is 22.0 Å². The van der Waals surface area contributed by atoms with Gasteiger partial charge in [0.15, 0.2) is 0 Å².